The normalized spacial score (nSPS) is 8.53. The molecule has 6 heteroatoms. The minimum atomic E-state index is -1.33. The summed E-state index contributed by atoms with van der Waals surface area (Å²) in [4.78, 5) is 22.0. The molecule has 0 aromatic carbocycles. The molecule has 0 radical (unpaired) electrons. The van der Waals surface area contributed by atoms with Crippen LogP contribution in [0.15, 0.2) is 24.5 Å². The Balaban J connectivity index is 0.000000262. The van der Waals surface area contributed by atoms with E-state index in [1.54, 1.807) is 24.5 Å². The molecule has 82 valence electrons. The minimum Gasteiger partial charge on any atom is -0.550 e. The average Bonchev–Trinajstić information content (AvgIpc) is 2.17. The lowest BCUT2D eigenvalue weighted by Crippen LogP contribution is -2.22. The topological polar surface area (TPSA) is 118 Å². The summed E-state index contributed by atoms with van der Waals surface area (Å²) >= 11 is 0. The zero-order valence-electron chi connectivity index (χ0n) is 7.97. The molecule has 0 fully saturated rings. The number of carboxylic acids is 2. The number of aromatic nitrogens is 1. The third kappa shape index (κ3) is 9.81. The van der Waals surface area contributed by atoms with E-state index in [9.17, 15) is 14.7 Å². The van der Waals surface area contributed by atoms with E-state index < -0.39 is 18.4 Å². The van der Waals surface area contributed by atoms with Crippen molar-refractivity contribution >= 4 is 17.6 Å². The van der Waals surface area contributed by atoms with Gasteiger partial charge in [0, 0.05) is 23.8 Å². The van der Waals surface area contributed by atoms with Gasteiger partial charge in [-0.05, 0) is 6.42 Å². The summed E-state index contributed by atoms with van der Waals surface area (Å²) in [5.41, 5.74) is 6.13. The van der Waals surface area contributed by atoms with Gasteiger partial charge in [-0.1, -0.05) is 0 Å². The highest BCUT2D eigenvalue weighted by atomic mass is 16.4. The van der Waals surface area contributed by atoms with Crippen LogP contribution in [0.25, 0.3) is 0 Å². The first-order valence-corrected chi connectivity index (χ1v) is 4.15. The van der Waals surface area contributed by atoms with Gasteiger partial charge in [0.2, 0.25) is 0 Å². The zero-order chi connectivity index (χ0) is 11.7. The maximum absolute atomic E-state index is 9.61. The van der Waals surface area contributed by atoms with Crippen molar-refractivity contribution < 1.29 is 24.8 Å². The van der Waals surface area contributed by atoms with E-state index in [1.807, 2.05) is 0 Å². The van der Waals surface area contributed by atoms with Crippen molar-refractivity contribution in [2.45, 2.75) is 12.8 Å². The number of aromatic amines is 1. The third-order valence-electron chi connectivity index (χ3n) is 1.29. The van der Waals surface area contributed by atoms with Crippen molar-refractivity contribution in [3.8, 4) is 0 Å². The molecule has 1 aromatic rings. The largest absolute Gasteiger partial charge is 0.550 e. The van der Waals surface area contributed by atoms with Gasteiger partial charge in [-0.15, -0.1) is 0 Å². The van der Waals surface area contributed by atoms with Crippen LogP contribution in [0.1, 0.15) is 12.8 Å². The fraction of sp³-hybridized carbons (Fsp3) is 0.222. The first-order chi connectivity index (χ1) is 7.02. The third-order valence-corrected chi connectivity index (χ3v) is 1.29. The van der Waals surface area contributed by atoms with Crippen molar-refractivity contribution in [2.24, 2.45) is 0 Å². The molecule has 15 heavy (non-hydrogen) atoms. The molecule has 1 heterocycles. The van der Waals surface area contributed by atoms with E-state index in [1.165, 1.54) is 0 Å². The number of nitrogen functional groups attached to an aromatic ring is 1. The van der Waals surface area contributed by atoms with Crippen LogP contribution < -0.4 is 15.8 Å². The molecule has 0 atom stereocenters. The number of rotatable bonds is 3. The molecular weight excluding hydrogens is 200 g/mol. The zero-order valence-corrected chi connectivity index (χ0v) is 7.97. The van der Waals surface area contributed by atoms with Crippen molar-refractivity contribution in [3.05, 3.63) is 24.5 Å². The van der Waals surface area contributed by atoms with Crippen LogP contribution in [0.4, 0.5) is 5.69 Å². The van der Waals surface area contributed by atoms with Crippen molar-refractivity contribution in [3.63, 3.8) is 0 Å². The van der Waals surface area contributed by atoms with E-state index in [0.29, 0.717) is 0 Å². The molecule has 0 bridgehead atoms. The number of anilines is 1. The summed E-state index contributed by atoms with van der Waals surface area (Å²) in [6, 6.07) is 3.61. The minimum absolute atomic E-state index is 0.359. The number of carboxylic acid groups (broad SMARTS) is 2. The molecular formula is C9H12N2O4. The van der Waals surface area contributed by atoms with Gasteiger partial charge >= 0.3 is 5.97 Å². The molecule has 0 saturated carbocycles. The fourth-order valence-electron chi connectivity index (χ4n) is 0.609. The Morgan fingerprint density at radius 2 is 1.87 bits per heavy atom. The molecule has 0 amide bonds. The molecule has 0 spiro atoms. The lowest BCUT2D eigenvalue weighted by atomic mass is 10.3. The monoisotopic (exact) mass is 212 g/mol. The Hall–Kier alpha value is -2.11. The molecule has 0 unspecified atom stereocenters. The number of H-pyrrole nitrogens is 1. The summed E-state index contributed by atoms with van der Waals surface area (Å²) < 4.78 is 0. The van der Waals surface area contributed by atoms with Crippen molar-refractivity contribution in [1.29, 1.82) is 0 Å². The second-order valence-corrected chi connectivity index (χ2v) is 2.60. The van der Waals surface area contributed by atoms with Crippen molar-refractivity contribution in [2.75, 3.05) is 5.73 Å². The number of hydrogen-bond acceptors (Lipinski definition) is 4. The number of pyridine rings is 1. The molecule has 0 aliphatic rings. The highest BCUT2D eigenvalue weighted by molar-refractivity contribution is 5.74. The van der Waals surface area contributed by atoms with E-state index in [2.05, 4.69) is 4.98 Å². The number of carbonyl (C=O) groups is 2. The fourth-order valence-corrected chi connectivity index (χ4v) is 0.609. The first-order valence-electron chi connectivity index (χ1n) is 4.15. The molecule has 6 nitrogen and oxygen atoms in total. The smallest absolute Gasteiger partial charge is 0.303 e. The molecule has 1 rings (SSSR count). The summed E-state index contributed by atoms with van der Waals surface area (Å²) in [6.45, 7) is 0. The average molecular weight is 212 g/mol. The van der Waals surface area contributed by atoms with Crippen LogP contribution in [0.5, 0.6) is 0 Å². The van der Waals surface area contributed by atoms with E-state index >= 15 is 0 Å². The Bertz CT molecular complexity index is 299. The van der Waals surface area contributed by atoms with Gasteiger partial charge in [-0.25, -0.2) is 4.98 Å². The van der Waals surface area contributed by atoms with Crippen LogP contribution in [-0.4, -0.2) is 17.0 Å². The van der Waals surface area contributed by atoms with Gasteiger partial charge < -0.3 is 20.7 Å². The van der Waals surface area contributed by atoms with Gasteiger partial charge in [0.1, 0.15) is 0 Å². The van der Waals surface area contributed by atoms with Crippen LogP contribution in [-0.2, 0) is 9.59 Å². The second-order valence-electron chi connectivity index (χ2n) is 2.60. The van der Waals surface area contributed by atoms with Gasteiger partial charge in [0.15, 0.2) is 12.4 Å². The molecule has 4 N–H and O–H groups in total. The Labute approximate surface area is 86.4 Å². The number of carbonyl (C=O) groups excluding carboxylic acids is 1. The van der Waals surface area contributed by atoms with Crippen LogP contribution in [0.3, 0.4) is 0 Å². The van der Waals surface area contributed by atoms with Gasteiger partial charge in [-0.2, -0.15) is 0 Å². The van der Waals surface area contributed by atoms with E-state index in [-0.39, 0.29) is 6.42 Å². The lowest BCUT2D eigenvalue weighted by molar-refractivity contribution is -0.377. The standard InChI is InChI=1S/C5H6N2.C4H6O4/c6-5-1-3-7-4-2-5;5-3(6)1-2-4(7)8/h1-4H,(H2,6,7);1-2H2,(H,5,6)(H,7,8). The number of nitrogens with one attached hydrogen (secondary N) is 1. The van der Waals surface area contributed by atoms with Crippen LogP contribution in [0, 0.1) is 0 Å². The summed E-state index contributed by atoms with van der Waals surface area (Å²) in [6.07, 6.45) is 2.81. The summed E-state index contributed by atoms with van der Waals surface area (Å²) in [7, 11) is 0. The van der Waals surface area contributed by atoms with Gasteiger partial charge in [-0.3, -0.25) is 4.79 Å². The highest BCUT2D eigenvalue weighted by Crippen LogP contribution is 1.90. The molecule has 0 aliphatic carbocycles. The number of nitrogens with two attached hydrogens (primary N) is 1. The Kier molecular flexibility index (Phi) is 6.28. The first kappa shape index (κ1) is 12.9. The number of hydrogen-bond donors (Lipinski definition) is 2. The van der Waals surface area contributed by atoms with Crippen LogP contribution >= 0.6 is 0 Å². The lowest BCUT2D eigenvalue weighted by Gasteiger charge is -1.94. The molecule has 0 saturated heterocycles. The Morgan fingerprint density at radius 1 is 1.33 bits per heavy atom. The quantitative estimate of drug-likeness (QED) is 0.644. The summed E-state index contributed by atoms with van der Waals surface area (Å²) in [5, 5.41) is 17.4. The summed E-state index contributed by atoms with van der Waals surface area (Å²) in [5.74, 6) is -2.44. The van der Waals surface area contributed by atoms with E-state index in [4.69, 9.17) is 10.8 Å². The van der Waals surface area contributed by atoms with Gasteiger partial charge in [0.25, 0.3) is 0 Å². The molecule has 0 aliphatic heterocycles. The predicted octanol–water partition coefficient (Wildman–Crippen LogP) is -1.32. The SMILES string of the molecule is Nc1cc[nH+]cc1.O=C([O-])CCC(=O)O. The van der Waals surface area contributed by atoms with Gasteiger partial charge in [0.05, 0.1) is 6.42 Å². The van der Waals surface area contributed by atoms with Crippen LogP contribution in [0.2, 0.25) is 0 Å². The molecule has 1 aromatic heterocycles. The maximum Gasteiger partial charge on any atom is 0.303 e. The highest BCUT2D eigenvalue weighted by Gasteiger charge is 1.93. The Morgan fingerprint density at radius 3 is 2.07 bits per heavy atom. The maximum atomic E-state index is 9.61. The number of aliphatic carboxylic acids is 2. The van der Waals surface area contributed by atoms with E-state index in [0.717, 1.165) is 5.69 Å². The van der Waals surface area contributed by atoms with Crippen molar-refractivity contribution in [1.82, 2.24) is 0 Å². The predicted molar refractivity (Wildman–Crippen MR) is 49.3 cm³/mol. The second kappa shape index (κ2) is 7.31.